The third-order valence-corrected chi connectivity index (χ3v) is 5.20. The fourth-order valence-electron chi connectivity index (χ4n) is 2.76. The van der Waals surface area contributed by atoms with E-state index in [2.05, 4.69) is 5.32 Å². The number of rotatable bonds is 2. The summed E-state index contributed by atoms with van der Waals surface area (Å²) >= 11 is 0. The molecule has 0 atom stereocenters. The van der Waals surface area contributed by atoms with E-state index in [0.717, 1.165) is 12.8 Å². The molecule has 2 aliphatic rings. The number of hydrogen-bond donors (Lipinski definition) is 1. The monoisotopic (exact) mass is 289 g/mol. The molecule has 0 aromatic rings. The molecule has 0 spiro atoms. The molecule has 19 heavy (non-hydrogen) atoms. The van der Waals surface area contributed by atoms with Crippen molar-refractivity contribution in [3.05, 3.63) is 0 Å². The molecule has 2 rings (SSSR count). The van der Waals surface area contributed by atoms with Gasteiger partial charge in [-0.3, -0.25) is 0 Å². The number of nitrogens with one attached hydrogen (secondary N) is 1. The van der Waals surface area contributed by atoms with Crippen molar-refractivity contribution in [1.82, 2.24) is 14.5 Å². The zero-order chi connectivity index (χ0) is 13.9. The van der Waals surface area contributed by atoms with Gasteiger partial charge < -0.3 is 10.2 Å². The largest absolute Gasteiger partial charge is 0.335 e. The van der Waals surface area contributed by atoms with Crippen LogP contribution in [0.1, 0.15) is 32.1 Å². The molecule has 1 N–H and O–H groups in total. The van der Waals surface area contributed by atoms with Crippen LogP contribution in [0.3, 0.4) is 0 Å². The van der Waals surface area contributed by atoms with Gasteiger partial charge in [0.1, 0.15) is 0 Å². The number of carbonyl (C=O) groups is 1. The molecule has 2 fully saturated rings. The van der Waals surface area contributed by atoms with Crippen molar-refractivity contribution in [1.29, 1.82) is 0 Å². The van der Waals surface area contributed by atoms with Crippen molar-refractivity contribution in [2.75, 3.05) is 32.4 Å². The zero-order valence-electron chi connectivity index (χ0n) is 11.5. The van der Waals surface area contributed by atoms with Crippen LogP contribution in [0.4, 0.5) is 4.79 Å². The molecule has 1 saturated heterocycles. The molecule has 1 heterocycles. The molecule has 1 aliphatic carbocycles. The number of carbonyl (C=O) groups excluding carboxylic acids is 1. The first-order chi connectivity index (χ1) is 8.97. The lowest BCUT2D eigenvalue weighted by Gasteiger charge is -2.23. The van der Waals surface area contributed by atoms with Crippen LogP contribution in [-0.4, -0.2) is 62.1 Å². The van der Waals surface area contributed by atoms with Gasteiger partial charge in [0.2, 0.25) is 10.0 Å². The van der Waals surface area contributed by atoms with Crippen molar-refractivity contribution < 1.29 is 13.2 Å². The molecule has 0 radical (unpaired) electrons. The number of amides is 2. The van der Waals surface area contributed by atoms with E-state index in [0.29, 0.717) is 38.6 Å². The standard InChI is InChI=1S/C12H23N3O3S/c1-19(17,18)15-8-4-7-14(9-10-15)12(16)13-11-5-2-3-6-11/h11H,2-10H2,1H3,(H,13,16). The first-order valence-electron chi connectivity index (χ1n) is 6.97. The van der Waals surface area contributed by atoms with Crippen LogP contribution in [0, 0.1) is 0 Å². The van der Waals surface area contributed by atoms with Gasteiger partial charge in [0.25, 0.3) is 0 Å². The smallest absolute Gasteiger partial charge is 0.317 e. The zero-order valence-corrected chi connectivity index (χ0v) is 12.3. The van der Waals surface area contributed by atoms with E-state index in [9.17, 15) is 13.2 Å². The highest BCUT2D eigenvalue weighted by molar-refractivity contribution is 7.88. The van der Waals surface area contributed by atoms with E-state index < -0.39 is 10.0 Å². The summed E-state index contributed by atoms with van der Waals surface area (Å²) in [4.78, 5) is 13.8. The summed E-state index contributed by atoms with van der Waals surface area (Å²) < 4.78 is 24.5. The topological polar surface area (TPSA) is 69.7 Å². The molecule has 7 heteroatoms. The molecule has 110 valence electrons. The van der Waals surface area contributed by atoms with Crippen LogP contribution < -0.4 is 5.32 Å². The van der Waals surface area contributed by atoms with Gasteiger partial charge >= 0.3 is 6.03 Å². The highest BCUT2D eigenvalue weighted by Gasteiger charge is 2.25. The van der Waals surface area contributed by atoms with E-state index >= 15 is 0 Å². The molecule has 0 unspecified atom stereocenters. The van der Waals surface area contributed by atoms with Gasteiger partial charge in [0.15, 0.2) is 0 Å². The fourth-order valence-corrected chi connectivity index (χ4v) is 3.64. The Morgan fingerprint density at radius 3 is 2.37 bits per heavy atom. The lowest BCUT2D eigenvalue weighted by Crippen LogP contribution is -2.45. The first kappa shape index (κ1) is 14.6. The summed E-state index contributed by atoms with van der Waals surface area (Å²) in [5.41, 5.74) is 0. The highest BCUT2D eigenvalue weighted by atomic mass is 32.2. The van der Waals surface area contributed by atoms with Gasteiger partial charge in [-0.15, -0.1) is 0 Å². The Kier molecular flexibility index (Phi) is 4.67. The van der Waals surface area contributed by atoms with Crippen molar-refractivity contribution in [3.63, 3.8) is 0 Å². The molecule has 0 aromatic heterocycles. The van der Waals surface area contributed by atoms with Gasteiger partial charge in [-0.05, 0) is 19.3 Å². The van der Waals surface area contributed by atoms with E-state index in [1.807, 2.05) is 0 Å². The predicted octanol–water partition coefficient (Wildman–Crippen LogP) is 0.606. The van der Waals surface area contributed by atoms with E-state index in [1.165, 1.54) is 23.4 Å². The molecule has 1 aliphatic heterocycles. The predicted molar refractivity (Wildman–Crippen MR) is 73.4 cm³/mol. The van der Waals surface area contributed by atoms with Gasteiger partial charge in [-0.25, -0.2) is 17.5 Å². The Bertz CT molecular complexity index is 418. The Hall–Kier alpha value is -0.820. The second-order valence-corrected chi connectivity index (χ2v) is 7.42. The van der Waals surface area contributed by atoms with Gasteiger partial charge in [-0.2, -0.15) is 0 Å². The normalized spacial score (nSPS) is 23.3. The van der Waals surface area contributed by atoms with E-state index in [4.69, 9.17) is 0 Å². The fraction of sp³-hybridized carbons (Fsp3) is 0.917. The minimum Gasteiger partial charge on any atom is -0.335 e. The van der Waals surface area contributed by atoms with Crippen LogP contribution in [-0.2, 0) is 10.0 Å². The van der Waals surface area contributed by atoms with Crippen molar-refractivity contribution in [2.45, 2.75) is 38.1 Å². The van der Waals surface area contributed by atoms with Gasteiger partial charge in [-0.1, -0.05) is 12.8 Å². The molecule has 1 saturated carbocycles. The van der Waals surface area contributed by atoms with E-state index in [1.54, 1.807) is 4.90 Å². The Labute approximate surface area is 115 Å². The molecular weight excluding hydrogens is 266 g/mol. The third kappa shape index (κ3) is 4.07. The Morgan fingerprint density at radius 1 is 1.05 bits per heavy atom. The average molecular weight is 289 g/mol. The quantitative estimate of drug-likeness (QED) is 0.809. The first-order valence-corrected chi connectivity index (χ1v) is 8.82. The molecule has 0 bridgehead atoms. The summed E-state index contributed by atoms with van der Waals surface area (Å²) in [5, 5.41) is 3.05. The summed E-state index contributed by atoms with van der Waals surface area (Å²) in [6, 6.07) is 0.268. The van der Waals surface area contributed by atoms with Crippen LogP contribution >= 0.6 is 0 Å². The van der Waals surface area contributed by atoms with E-state index in [-0.39, 0.29) is 6.03 Å². The van der Waals surface area contributed by atoms with Crippen LogP contribution in [0.15, 0.2) is 0 Å². The van der Waals surface area contributed by atoms with Crippen LogP contribution in [0.2, 0.25) is 0 Å². The summed E-state index contributed by atoms with van der Waals surface area (Å²) in [6.45, 7) is 2.01. The molecule has 2 amide bonds. The SMILES string of the molecule is CS(=O)(=O)N1CCCN(C(=O)NC2CCCC2)CC1. The van der Waals surface area contributed by atoms with Crippen LogP contribution in [0.25, 0.3) is 0 Å². The maximum atomic E-state index is 12.1. The number of nitrogens with zero attached hydrogens (tertiary/aromatic N) is 2. The number of urea groups is 1. The number of sulfonamides is 1. The molecular formula is C12H23N3O3S. The van der Waals surface area contributed by atoms with Crippen molar-refractivity contribution >= 4 is 16.1 Å². The summed E-state index contributed by atoms with van der Waals surface area (Å²) in [6.07, 6.45) is 6.43. The van der Waals surface area contributed by atoms with Gasteiger partial charge in [0.05, 0.1) is 6.26 Å². The van der Waals surface area contributed by atoms with Crippen molar-refractivity contribution in [3.8, 4) is 0 Å². The van der Waals surface area contributed by atoms with Gasteiger partial charge in [0, 0.05) is 32.2 Å². The second kappa shape index (κ2) is 6.09. The maximum absolute atomic E-state index is 12.1. The minimum atomic E-state index is -3.15. The molecule has 0 aromatic carbocycles. The lowest BCUT2D eigenvalue weighted by molar-refractivity contribution is 0.196. The minimum absolute atomic E-state index is 0.0396. The van der Waals surface area contributed by atoms with Crippen molar-refractivity contribution in [2.24, 2.45) is 0 Å². The maximum Gasteiger partial charge on any atom is 0.317 e. The summed E-state index contributed by atoms with van der Waals surface area (Å²) in [5.74, 6) is 0. The third-order valence-electron chi connectivity index (χ3n) is 3.89. The number of hydrogen-bond acceptors (Lipinski definition) is 3. The Balaban J connectivity index is 1.86. The Morgan fingerprint density at radius 2 is 1.74 bits per heavy atom. The van der Waals surface area contributed by atoms with Crippen LogP contribution in [0.5, 0.6) is 0 Å². The lowest BCUT2D eigenvalue weighted by atomic mass is 10.2. The molecule has 6 nitrogen and oxygen atoms in total. The second-order valence-electron chi connectivity index (χ2n) is 5.43. The average Bonchev–Trinajstić information content (AvgIpc) is 2.69. The summed E-state index contributed by atoms with van der Waals surface area (Å²) in [7, 11) is -3.15. The highest BCUT2D eigenvalue weighted by Crippen LogP contribution is 2.18.